The van der Waals surface area contributed by atoms with Crippen LogP contribution in [0, 0.1) is 11.8 Å². The summed E-state index contributed by atoms with van der Waals surface area (Å²) in [7, 11) is 1.47. The van der Waals surface area contributed by atoms with E-state index in [0.717, 1.165) is 11.4 Å². The first-order chi connectivity index (χ1) is 10.9. The molecule has 0 unspecified atom stereocenters. The van der Waals surface area contributed by atoms with Crippen LogP contribution in [0.3, 0.4) is 0 Å². The molecular formula is C16H22N4O3. The molecule has 0 spiro atoms. The van der Waals surface area contributed by atoms with Gasteiger partial charge in [-0.1, -0.05) is 6.92 Å². The molecule has 1 saturated carbocycles. The summed E-state index contributed by atoms with van der Waals surface area (Å²) in [4.78, 5) is 35.4. The van der Waals surface area contributed by atoms with Crippen LogP contribution in [-0.2, 0) is 4.79 Å². The van der Waals surface area contributed by atoms with E-state index < -0.39 is 5.91 Å². The molecule has 2 atom stereocenters. The normalized spacial score (nSPS) is 18.7. The van der Waals surface area contributed by atoms with Crippen LogP contribution in [0.25, 0.3) is 0 Å². The zero-order chi connectivity index (χ0) is 17.0. The van der Waals surface area contributed by atoms with E-state index in [-0.39, 0.29) is 17.9 Å². The van der Waals surface area contributed by atoms with Crippen molar-refractivity contribution >= 4 is 23.5 Å². The summed E-state index contributed by atoms with van der Waals surface area (Å²) in [5.41, 5.74) is 3.53. The standard InChI is InChI=1S/C16H22N4O3/c1-4-17-16(23)20(3)19-14(21)11-5-7-12(8-6-11)18-15(22)13-9-10(13)2/h5-8,10,13H,4,9H2,1-3H3,(H,17,23)(H,18,22)(H,19,21)/t10-,13-/m1/s1. The highest BCUT2D eigenvalue weighted by molar-refractivity contribution is 5.97. The molecule has 1 aromatic rings. The lowest BCUT2D eigenvalue weighted by Gasteiger charge is -2.18. The average Bonchev–Trinajstić information content (AvgIpc) is 3.25. The maximum absolute atomic E-state index is 12.0. The molecule has 0 radical (unpaired) electrons. The van der Waals surface area contributed by atoms with E-state index in [2.05, 4.69) is 16.1 Å². The fraction of sp³-hybridized carbons (Fsp3) is 0.438. The molecule has 0 bridgehead atoms. The molecule has 1 fully saturated rings. The number of carbonyl (C=O) groups is 3. The number of anilines is 1. The minimum atomic E-state index is -0.396. The fourth-order valence-electron chi connectivity index (χ4n) is 2.16. The van der Waals surface area contributed by atoms with E-state index in [4.69, 9.17) is 0 Å². The van der Waals surface area contributed by atoms with Crippen molar-refractivity contribution in [2.75, 3.05) is 18.9 Å². The zero-order valence-corrected chi connectivity index (χ0v) is 13.6. The van der Waals surface area contributed by atoms with Crippen LogP contribution in [0.5, 0.6) is 0 Å². The van der Waals surface area contributed by atoms with Crippen molar-refractivity contribution in [1.82, 2.24) is 15.8 Å². The molecule has 4 amide bonds. The quantitative estimate of drug-likeness (QED) is 0.736. The Bertz CT molecular complexity index is 600. The molecule has 7 nitrogen and oxygen atoms in total. The fourth-order valence-corrected chi connectivity index (χ4v) is 2.16. The van der Waals surface area contributed by atoms with Gasteiger partial charge in [-0.15, -0.1) is 0 Å². The summed E-state index contributed by atoms with van der Waals surface area (Å²) < 4.78 is 0. The van der Waals surface area contributed by atoms with Crippen LogP contribution in [-0.4, -0.2) is 36.4 Å². The summed E-state index contributed by atoms with van der Waals surface area (Å²) in [6, 6.07) is 6.17. The van der Waals surface area contributed by atoms with E-state index in [1.54, 1.807) is 31.2 Å². The second-order valence-electron chi connectivity index (χ2n) is 5.72. The van der Waals surface area contributed by atoms with Gasteiger partial charge in [0, 0.05) is 30.8 Å². The lowest BCUT2D eigenvalue weighted by molar-refractivity contribution is -0.117. The van der Waals surface area contributed by atoms with Crippen LogP contribution < -0.4 is 16.1 Å². The Morgan fingerprint density at radius 2 is 1.83 bits per heavy atom. The van der Waals surface area contributed by atoms with Crippen molar-refractivity contribution in [3.63, 3.8) is 0 Å². The number of rotatable bonds is 4. The number of urea groups is 1. The van der Waals surface area contributed by atoms with Gasteiger partial charge < -0.3 is 10.6 Å². The molecule has 23 heavy (non-hydrogen) atoms. The third-order valence-electron chi connectivity index (χ3n) is 3.76. The van der Waals surface area contributed by atoms with Gasteiger partial charge >= 0.3 is 6.03 Å². The third-order valence-corrected chi connectivity index (χ3v) is 3.76. The Kier molecular flexibility index (Phi) is 5.20. The highest BCUT2D eigenvalue weighted by atomic mass is 16.2. The topological polar surface area (TPSA) is 90.5 Å². The number of nitrogens with zero attached hydrogens (tertiary/aromatic N) is 1. The van der Waals surface area contributed by atoms with Gasteiger partial charge in [-0.05, 0) is 43.5 Å². The molecule has 1 aliphatic rings. The molecular weight excluding hydrogens is 296 g/mol. The van der Waals surface area contributed by atoms with E-state index in [9.17, 15) is 14.4 Å². The van der Waals surface area contributed by atoms with Gasteiger partial charge in [-0.25, -0.2) is 9.80 Å². The number of hydrazine groups is 1. The summed E-state index contributed by atoms with van der Waals surface area (Å²) in [6.07, 6.45) is 0.929. The molecule has 7 heteroatoms. The number of nitrogens with one attached hydrogen (secondary N) is 3. The van der Waals surface area contributed by atoms with Gasteiger partial charge in [0.1, 0.15) is 0 Å². The van der Waals surface area contributed by atoms with E-state index in [1.165, 1.54) is 7.05 Å². The van der Waals surface area contributed by atoms with Crippen molar-refractivity contribution in [1.29, 1.82) is 0 Å². The molecule has 124 valence electrons. The first kappa shape index (κ1) is 16.8. The van der Waals surface area contributed by atoms with Crippen molar-refractivity contribution in [3.05, 3.63) is 29.8 Å². The predicted molar refractivity (Wildman–Crippen MR) is 86.6 cm³/mol. The second-order valence-corrected chi connectivity index (χ2v) is 5.72. The number of hydrogen-bond donors (Lipinski definition) is 3. The number of hydrogen-bond acceptors (Lipinski definition) is 3. The average molecular weight is 318 g/mol. The SMILES string of the molecule is CCNC(=O)N(C)NC(=O)c1ccc(NC(=O)[C@@H]2C[C@H]2C)cc1. The van der Waals surface area contributed by atoms with Gasteiger partial charge in [0.25, 0.3) is 5.91 Å². The first-order valence-electron chi connectivity index (χ1n) is 7.65. The van der Waals surface area contributed by atoms with Crippen molar-refractivity contribution in [2.45, 2.75) is 20.3 Å². The lowest BCUT2D eigenvalue weighted by Crippen LogP contribution is -2.48. The minimum Gasteiger partial charge on any atom is -0.337 e. The molecule has 0 aliphatic heterocycles. The van der Waals surface area contributed by atoms with Crippen LogP contribution >= 0.6 is 0 Å². The molecule has 2 rings (SSSR count). The van der Waals surface area contributed by atoms with Gasteiger partial charge in [0.05, 0.1) is 0 Å². The largest absolute Gasteiger partial charge is 0.337 e. The molecule has 0 aromatic heterocycles. The maximum Gasteiger partial charge on any atom is 0.335 e. The summed E-state index contributed by atoms with van der Waals surface area (Å²) in [6.45, 7) is 4.32. The Morgan fingerprint density at radius 3 is 2.35 bits per heavy atom. The van der Waals surface area contributed by atoms with Gasteiger partial charge in [-0.2, -0.15) is 0 Å². The highest BCUT2D eigenvalue weighted by Gasteiger charge is 2.39. The Morgan fingerprint density at radius 1 is 1.22 bits per heavy atom. The molecule has 1 aromatic carbocycles. The number of carbonyl (C=O) groups excluding carboxylic acids is 3. The summed E-state index contributed by atoms with van der Waals surface area (Å²) >= 11 is 0. The zero-order valence-electron chi connectivity index (χ0n) is 13.6. The van der Waals surface area contributed by atoms with Crippen molar-refractivity contribution < 1.29 is 14.4 Å². The van der Waals surface area contributed by atoms with Crippen LogP contribution in [0.4, 0.5) is 10.5 Å². The van der Waals surface area contributed by atoms with Gasteiger partial charge in [0.2, 0.25) is 5.91 Å². The smallest absolute Gasteiger partial charge is 0.335 e. The first-order valence-corrected chi connectivity index (χ1v) is 7.65. The van der Waals surface area contributed by atoms with Gasteiger partial charge in [-0.3, -0.25) is 15.0 Å². The molecule has 3 N–H and O–H groups in total. The Labute approximate surface area is 135 Å². The maximum atomic E-state index is 12.0. The van der Waals surface area contributed by atoms with E-state index >= 15 is 0 Å². The molecule has 1 aliphatic carbocycles. The molecule has 0 heterocycles. The van der Waals surface area contributed by atoms with Gasteiger partial charge in [0.15, 0.2) is 0 Å². The highest BCUT2D eigenvalue weighted by Crippen LogP contribution is 2.38. The third kappa shape index (κ3) is 4.45. The summed E-state index contributed by atoms with van der Waals surface area (Å²) in [5, 5.41) is 6.50. The predicted octanol–water partition coefficient (Wildman–Crippen LogP) is 1.59. The molecule has 0 saturated heterocycles. The number of benzene rings is 1. The van der Waals surface area contributed by atoms with E-state index in [0.29, 0.717) is 23.7 Å². The van der Waals surface area contributed by atoms with Crippen molar-refractivity contribution in [2.24, 2.45) is 11.8 Å². The Hall–Kier alpha value is -2.57. The number of amides is 4. The minimum absolute atomic E-state index is 0.0191. The van der Waals surface area contributed by atoms with Crippen LogP contribution in [0.15, 0.2) is 24.3 Å². The summed E-state index contributed by atoms with van der Waals surface area (Å²) in [5.74, 6) is 0.173. The monoisotopic (exact) mass is 318 g/mol. The van der Waals surface area contributed by atoms with Crippen LogP contribution in [0.1, 0.15) is 30.6 Å². The Balaban J connectivity index is 1.89. The van der Waals surface area contributed by atoms with Crippen molar-refractivity contribution in [3.8, 4) is 0 Å². The van der Waals surface area contributed by atoms with E-state index in [1.807, 2.05) is 6.92 Å². The lowest BCUT2D eigenvalue weighted by atomic mass is 10.2. The second kappa shape index (κ2) is 7.13. The van der Waals surface area contributed by atoms with Crippen LogP contribution in [0.2, 0.25) is 0 Å².